The summed E-state index contributed by atoms with van der Waals surface area (Å²) < 4.78 is 39.1. The molecule has 0 aliphatic carbocycles. The Balaban J connectivity index is 1.91. The largest absolute Gasteiger partial charge is 0.480 e. The summed E-state index contributed by atoms with van der Waals surface area (Å²) in [5, 5.41) is 6.34. The SMILES string of the molecule is COc1ncc(NC(=O)c2cc(C(C)C)on2)cc1S(=O)(=O)Nc1c(C)cccc1C. The first-order valence-electron chi connectivity index (χ1n) is 9.53. The maximum absolute atomic E-state index is 13.1. The lowest BCUT2D eigenvalue weighted by Crippen LogP contribution is -2.18. The minimum Gasteiger partial charge on any atom is -0.480 e. The first-order chi connectivity index (χ1) is 14.6. The van der Waals surface area contributed by atoms with Gasteiger partial charge in [-0.05, 0) is 31.0 Å². The molecule has 0 saturated heterocycles. The summed E-state index contributed by atoms with van der Waals surface area (Å²) in [6, 6.07) is 8.27. The van der Waals surface area contributed by atoms with Crippen LogP contribution in [0.1, 0.15) is 47.1 Å². The molecule has 0 fully saturated rings. The monoisotopic (exact) mass is 444 g/mol. The molecule has 2 heterocycles. The van der Waals surface area contributed by atoms with Crippen molar-refractivity contribution in [1.29, 1.82) is 0 Å². The Morgan fingerprint density at radius 1 is 1.16 bits per heavy atom. The number of carbonyl (C=O) groups is 1. The standard InChI is InChI=1S/C21H24N4O5S/c1-12(2)17-10-16(24-30-17)20(26)23-15-9-18(21(29-5)22-11-15)31(27,28)25-19-13(3)7-6-8-14(19)4/h6-12,25H,1-5H3,(H,23,26). The maximum atomic E-state index is 13.1. The van der Waals surface area contributed by atoms with Crippen LogP contribution in [0.15, 0.2) is 45.9 Å². The van der Waals surface area contributed by atoms with Crippen molar-refractivity contribution in [2.75, 3.05) is 17.1 Å². The minimum absolute atomic E-state index is 0.0735. The van der Waals surface area contributed by atoms with Gasteiger partial charge in [0.1, 0.15) is 5.76 Å². The third kappa shape index (κ3) is 4.85. The molecular weight excluding hydrogens is 420 g/mol. The van der Waals surface area contributed by atoms with Gasteiger partial charge in [-0.25, -0.2) is 13.4 Å². The molecule has 1 amide bonds. The molecule has 0 unspecified atom stereocenters. The molecule has 164 valence electrons. The van der Waals surface area contributed by atoms with Gasteiger partial charge in [-0.15, -0.1) is 0 Å². The van der Waals surface area contributed by atoms with Crippen LogP contribution < -0.4 is 14.8 Å². The molecule has 2 N–H and O–H groups in total. The number of methoxy groups -OCH3 is 1. The molecule has 3 rings (SSSR count). The summed E-state index contributed by atoms with van der Waals surface area (Å²) in [4.78, 5) is 16.3. The number of hydrogen-bond acceptors (Lipinski definition) is 7. The Hall–Kier alpha value is -3.40. The van der Waals surface area contributed by atoms with E-state index in [1.807, 2.05) is 19.9 Å². The summed E-state index contributed by atoms with van der Waals surface area (Å²) in [7, 11) is -2.73. The van der Waals surface area contributed by atoms with Crippen molar-refractivity contribution in [2.24, 2.45) is 0 Å². The lowest BCUT2D eigenvalue weighted by molar-refractivity contribution is 0.101. The molecule has 3 aromatic rings. The van der Waals surface area contributed by atoms with E-state index in [0.29, 0.717) is 11.4 Å². The van der Waals surface area contributed by atoms with E-state index in [4.69, 9.17) is 9.26 Å². The number of aryl methyl sites for hydroxylation is 2. The van der Waals surface area contributed by atoms with Gasteiger partial charge in [-0.2, -0.15) is 0 Å². The zero-order chi connectivity index (χ0) is 22.8. The Bertz CT molecular complexity index is 1200. The van der Waals surface area contributed by atoms with Crippen LogP contribution in [0.2, 0.25) is 0 Å². The molecule has 0 radical (unpaired) electrons. The van der Waals surface area contributed by atoms with Crippen LogP contribution in [-0.4, -0.2) is 31.6 Å². The summed E-state index contributed by atoms with van der Waals surface area (Å²) in [5.74, 6) is -0.00237. The van der Waals surface area contributed by atoms with E-state index in [-0.39, 0.29) is 28.1 Å². The molecule has 0 saturated carbocycles. The molecule has 2 aromatic heterocycles. The molecule has 1 aromatic carbocycles. The van der Waals surface area contributed by atoms with E-state index < -0.39 is 15.9 Å². The number of hydrogen-bond donors (Lipinski definition) is 2. The number of sulfonamides is 1. The Morgan fingerprint density at radius 3 is 2.42 bits per heavy atom. The van der Waals surface area contributed by atoms with Crippen molar-refractivity contribution in [3.63, 3.8) is 0 Å². The lowest BCUT2D eigenvalue weighted by Gasteiger charge is -2.15. The molecule has 0 spiro atoms. The number of nitrogens with zero attached hydrogens (tertiary/aromatic N) is 2. The van der Waals surface area contributed by atoms with Crippen molar-refractivity contribution < 1.29 is 22.5 Å². The van der Waals surface area contributed by atoms with Gasteiger partial charge in [0.2, 0.25) is 5.88 Å². The van der Waals surface area contributed by atoms with E-state index in [9.17, 15) is 13.2 Å². The van der Waals surface area contributed by atoms with Crippen molar-refractivity contribution in [1.82, 2.24) is 10.1 Å². The number of benzene rings is 1. The van der Waals surface area contributed by atoms with E-state index in [2.05, 4.69) is 20.2 Å². The van der Waals surface area contributed by atoms with Gasteiger partial charge in [-0.3, -0.25) is 9.52 Å². The van der Waals surface area contributed by atoms with Crippen LogP contribution in [0.5, 0.6) is 5.88 Å². The fraction of sp³-hybridized carbons (Fsp3) is 0.286. The van der Waals surface area contributed by atoms with E-state index in [0.717, 1.165) is 11.1 Å². The number of nitrogens with one attached hydrogen (secondary N) is 2. The molecule has 10 heteroatoms. The van der Waals surface area contributed by atoms with Crippen LogP contribution >= 0.6 is 0 Å². The average molecular weight is 445 g/mol. The molecule has 0 atom stereocenters. The third-order valence-electron chi connectivity index (χ3n) is 4.61. The summed E-state index contributed by atoms with van der Waals surface area (Å²) >= 11 is 0. The highest BCUT2D eigenvalue weighted by Gasteiger charge is 2.24. The van der Waals surface area contributed by atoms with Gasteiger partial charge >= 0.3 is 0 Å². The second-order valence-electron chi connectivity index (χ2n) is 7.33. The topological polar surface area (TPSA) is 123 Å². The van der Waals surface area contributed by atoms with Crippen LogP contribution in [0.3, 0.4) is 0 Å². The lowest BCUT2D eigenvalue weighted by atomic mass is 10.1. The predicted molar refractivity (Wildman–Crippen MR) is 116 cm³/mol. The zero-order valence-corrected chi connectivity index (χ0v) is 18.7. The molecule has 9 nitrogen and oxygen atoms in total. The quantitative estimate of drug-likeness (QED) is 0.567. The molecule has 31 heavy (non-hydrogen) atoms. The van der Waals surface area contributed by atoms with Gasteiger partial charge in [0.25, 0.3) is 15.9 Å². The van der Waals surface area contributed by atoms with Crippen molar-refractivity contribution in [3.8, 4) is 5.88 Å². The number of anilines is 2. The van der Waals surface area contributed by atoms with Crippen LogP contribution in [-0.2, 0) is 10.0 Å². The Morgan fingerprint density at radius 2 is 1.84 bits per heavy atom. The number of carbonyl (C=O) groups excluding carboxylic acids is 1. The predicted octanol–water partition coefficient (Wildman–Crippen LogP) is 3.87. The van der Waals surface area contributed by atoms with E-state index in [1.165, 1.54) is 25.4 Å². The second-order valence-corrected chi connectivity index (χ2v) is 8.98. The average Bonchev–Trinajstić information content (AvgIpc) is 3.22. The first-order valence-corrected chi connectivity index (χ1v) is 11.0. The van der Waals surface area contributed by atoms with Gasteiger partial charge in [0, 0.05) is 12.0 Å². The number of ether oxygens (including phenoxy) is 1. The number of amides is 1. The van der Waals surface area contributed by atoms with Crippen LogP contribution in [0.4, 0.5) is 11.4 Å². The van der Waals surface area contributed by atoms with Gasteiger partial charge < -0.3 is 14.6 Å². The number of para-hydroxylation sites is 1. The van der Waals surface area contributed by atoms with Crippen molar-refractivity contribution in [2.45, 2.75) is 38.5 Å². The number of pyridine rings is 1. The highest BCUT2D eigenvalue weighted by atomic mass is 32.2. The van der Waals surface area contributed by atoms with Crippen molar-refractivity contribution >= 4 is 27.3 Å². The molecular formula is C21H24N4O5S. The Labute approximate surface area is 180 Å². The first kappa shape index (κ1) is 22.3. The summed E-state index contributed by atoms with van der Waals surface area (Å²) in [5.41, 5.74) is 2.26. The van der Waals surface area contributed by atoms with E-state index >= 15 is 0 Å². The summed E-state index contributed by atoms with van der Waals surface area (Å²) in [6.45, 7) is 7.44. The second kappa shape index (κ2) is 8.76. The fourth-order valence-electron chi connectivity index (χ4n) is 2.87. The molecule has 0 aliphatic rings. The smallest absolute Gasteiger partial charge is 0.277 e. The van der Waals surface area contributed by atoms with Crippen LogP contribution in [0.25, 0.3) is 0 Å². The highest BCUT2D eigenvalue weighted by Crippen LogP contribution is 2.29. The van der Waals surface area contributed by atoms with E-state index in [1.54, 1.807) is 26.0 Å². The molecule has 0 aliphatic heterocycles. The van der Waals surface area contributed by atoms with Crippen LogP contribution in [0, 0.1) is 13.8 Å². The Kier molecular flexibility index (Phi) is 6.30. The maximum Gasteiger partial charge on any atom is 0.277 e. The third-order valence-corrected chi connectivity index (χ3v) is 5.95. The van der Waals surface area contributed by atoms with Gasteiger partial charge in [0.05, 0.1) is 24.7 Å². The fourth-order valence-corrected chi connectivity index (χ4v) is 4.22. The highest BCUT2D eigenvalue weighted by molar-refractivity contribution is 7.92. The number of aromatic nitrogens is 2. The zero-order valence-electron chi connectivity index (χ0n) is 17.9. The van der Waals surface area contributed by atoms with Crippen molar-refractivity contribution in [3.05, 3.63) is 59.1 Å². The molecule has 0 bridgehead atoms. The summed E-state index contributed by atoms with van der Waals surface area (Å²) in [6.07, 6.45) is 1.30. The van der Waals surface area contributed by atoms with Gasteiger partial charge in [-0.1, -0.05) is 37.2 Å². The normalized spacial score (nSPS) is 11.4. The number of rotatable bonds is 7. The minimum atomic E-state index is -4.05. The van der Waals surface area contributed by atoms with Gasteiger partial charge in [0.15, 0.2) is 10.6 Å².